The zero-order valence-corrected chi connectivity index (χ0v) is 14.3. The maximum atomic E-state index is 4.62. The van der Waals surface area contributed by atoms with Crippen LogP contribution in [-0.2, 0) is 6.54 Å². The number of nitrogens with zero attached hydrogens (tertiary/aromatic N) is 2. The minimum atomic E-state index is 0.394. The fourth-order valence-corrected chi connectivity index (χ4v) is 3.03. The Labute approximate surface area is 125 Å². The van der Waals surface area contributed by atoms with Crippen LogP contribution in [0.25, 0.3) is 0 Å². The van der Waals surface area contributed by atoms with E-state index in [-0.39, 0.29) is 0 Å². The molecule has 20 heavy (non-hydrogen) atoms. The average Bonchev–Trinajstić information content (AvgIpc) is 2.73. The highest BCUT2D eigenvalue weighted by atomic mass is 15.3. The van der Waals surface area contributed by atoms with Crippen LogP contribution in [0, 0.1) is 19.8 Å². The van der Waals surface area contributed by atoms with Crippen molar-refractivity contribution in [3.8, 4) is 0 Å². The van der Waals surface area contributed by atoms with E-state index in [9.17, 15) is 0 Å². The molecular formula is C17H33N3. The van der Waals surface area contributed by atoms with Gasteiger partial charge in [0.2, 0.25) is 0 Å². The molecule has 0 fully saturated rings. The highest BCUT2D eigenvalue weighted by Gasteiger charge is 2.17. The Bertz CT molecular complexity index is 395. The highest BCUT2D eigenvalue weighted by molar-refractivity contribution is 5.27. The van der Waals surface area contributed by atoms with Crippen LogP contribution in [0.2, 0.25) is 0 Å². The minimum absolute atomic E-state index is 0.394. The number of unbranched alkanes of at least 4 members (excludes halogenated alkanes) is 1. The Kier molecular flexibility index (Phi) is 7.28. The first-order valence-corrected chi connectivity index (χ1v) is 8.32. The molecule has 1 N–H and O–H groups in total. The van der Waals surface area contributed by atoms with Crippen LogP contribution in [-0.4, -0.2) is 16.3 Å². The van der Waals surface area contributed by atoms with Crippen molar-refractivity contribution in [1.82, 2.24) is 15.1 Å². The number of hydrogen-bond acceptors (Lipinski definition) is 2. The lowest BCUT2D eigenvalue weighted by Crippen LogP contribution is -2.26. The van der Waals surface area contributed by atoms with Crippen LogP contribution in [0.5, 0.6) is 0 Å². The molecule has 0 aliphatic carbocycles. The van der Waals surface area contributed by atoms with Gasteiger partial charge in [-0.05, 0) is 46.6 Å². The van der Waals surface area contributed by atoms with Crippen molar-refractivity contribution in [2.24, 2.45) is 5.92 Å². The maximum absolute atomic E-state index is 4.62. The van der Waals surface area contributed by atoms with Gasteiger partial charge in [0.15, 0.2) is 0 Å². The lowest BCUT2D eigenvalue weighted by molar-refractivity contribution is 0.397. The van der Waals surface area contributed by atoms with Gasteiger partial charge in [0.25, 0.3) is 0 Å². The van der Waals surface area contributed by atoms with E-state index in [4.69, 9.17) is 0 Å². The fourth-order valence-electron chi connectivity index (χ4n) is 3.03. The Morgan fingerprint density at radius 2 is 1.90 bits per heavy atom. The largest absolute Gasteiger partial charge is 0.310 e. The Hall–Kier alpha value is -0.830. The summed E-state index contributed by atoms with van der Waals surface area (Å²) in [4.78, 5) is 0. The van der Waals surface area contributed by atoms with E-state index < -0.39 is 0 Å². The van der Waals surface area contributed by atoms with Gasteiger partial charge in [0, 0.05) is 23.8 Å². The third kappa shape index (κ3) is 4.34. The van der Waals surface area contributed by atoms with Crippen LogP contribution < -0.4 is 5.32 Å². The standard InChI is InChI=1S/C17H33N3/c1-7-10-11-16(8-2)12-18-13(4)17-14(5)19-20(9-3)15(17)6/h13,16,18H,7-12H2,1-6H3. The second kappa shape index (κ2) is 8.46. The van der Waals surface area contributed by atoms with Crippen molar-refractivity contribution < 1.29 is 0 Å². The quantitative estimate of drug-likeness (QED) is 0.726. The highest BCUT2D eigenvalue weighted by Crippen LogP contribution is 2.22. The lowest BCUT2D eigenvalue weighted by atomic mass is 9.98. The second-order valence-corrected chi connectivity index (χ2v) is 5.95. The van der Waals surface area contributed by atoms with Gasteiger partial charge in [0.05, 0.1) is 5.69 Å². The van der Waals surface area contributed by atoms with E-state index in [0.717, 1.165) is 19.0 Å². The molecule has 0 aliphatic rings. The molecule has 3 nitrogen and oxygen atoms in total. The molecule has 0 saturated heterocycles. The summed E-state index contributed by atoms with van der Waals surface area (Å²) in [7, 11) is 0. The minimum Gasteiger partial charge on any atom is -0.310 e. The average molecular weight is 279 g/mol. The Morgan fingerprint density at radius 1 is 1.20 bits per heavy atom. The molecule has 0 aromatic carbocycles. The van der Waals surface area contributed by atoms with Gasteiger partial charge < -0.3 is 5.32 Å². The van der Waals surface area contributed by atoms with E-state index in [2.05, 4.69) is 56.6 Å². The first kappa shape index (κ1) is 17.2. The zero-order chi connectivity index (χ0) is 15.1. The summed E-state index contributed by atoms with van der Waals surface area (Å²) in [6, 6.07) is 0.394. The van der Waals surface area contributed by atoms with Gasteiger partial charge in [-0.2, -0.15) is 5.10 Å². The molecule has 0 bridgehead atoms. The number of aromatic nitrogens is 2. The third-order valence-electron chi connectivity index (χ3n) is 4.43. The van der Waals surface area contributed by atoms with Crippen molar-refractivity contribution in [2.45, 2.75) is 79.8 Å². The van der Waals surface area contributed by atoms with E-state index in [1.54, 1.807) is 0 Å². The number of nitrogens with one attached hydrogen (secondary N) is 1. The molecule has 1 aromatic heterocycles. The van der Waals surface area contributed by atoms with Gasteiger partial charge in [-0.25, -0.2) is 0 Å². The summed E-state index contributed by atoms with van der Waals surface area (Å²) < 4.78 is 2.11. The smallest absolute Gasteiger partial charge is 0.0644 e. The first-order valence-electron chi connectivity index (χ1n) is 8.32. The second-order valence-electron chi connectivity index (χ2n) is 5.95. The summed E-state index contributed by atoms with van der Waals surface area (Å²) in [6.45, 7) is 15.4. The Morgan fingerprint density at radius 3 is 2.40 bits per heavy atom. The van der Waals surface area contributed by atoms with Gasteiger partial charge in [0.1, 0.15) is 0 Å². The normalized spacial score (nSPS) is 14.5. The molecular weight excluding hydrogens is 246 g/mol. The van der Waals surface area contributed by atoms with Gasteiger partial charge in [-0.3, -0.25) is 4.68 Å². The molecule has 1 rings (SSSR count). The lowest BCUT2D eigenvalue weighted by Gasteiger charge is -2.20. The fraction of sp³-hybridized carbons (Fsp3) is 0.824. The van der Waals surface area contributed by atoms with Gasteiger partial charge in [-0.15, -0.1) is 0 Å². The number of hydrogen-bond donors (Lipinski definition) is 1. The third-order valence-corrected chi connectivity index (χ3v) is 4.43. The van der Waals surface area contributed by atoms with Crippen molar-refractivity contribution in [1.29, 1.82) is 0 Å². The SMILES string of the molecule is CCCCC(CC)CNC(C)c1c(C)nn(CC)c1C. The molecule has 1 aromatic rings. The predicted octanol–water partition coefficient (Wildman–Crippen LogP) is 4.39. The molecule has 0 radical (unpaired) electrons. The number of aryl methyl sites for hydroxylation is 2. The molecule has 0 aliphatic heterocycles. The molecule has 1 heterocycles. The van der Waals surface area contributed by atoms with Crippen LogP contribution in [0.3, 0.4) is 0 Å². The van der Waals surface area contributed by atoms with Crippen LogP contribution in [0.1, 0.15) is 76.4 Å². The van der Waals surface area contributed by atoms with E-state index in [1.165, 1.54) is 42.6 Å². The summed E-state index contributed by atoms with van der Waals surface area (Å²) in [6.07, 6.45) is 5.26. The molecule has 0 amide bonds. The van der Waals surface area contributed by atoms with Crippen molar-refractivity contribution in [2.75, 3.05) is 6.54 Å². The van der Waals surface area contributed by atoms with E-state index >= 15 is 0 Å². The molecule has 2 atom stereocenters. The van der Waals surface area contributed by atoms with Gasteiger partial charge in [-0.1, -0.05) is 33.1 Å². The Balaban J connectivity index is 2.62. The maximum Gasteiger partial charge on any atom is 0.0644 e. The van der Waals surface area contributed by atoms with Crippen LogP contribution in [0.15, 0.2) is 0 Å². The summed E-state index contributed by atoms with van der Waals surface area (Å²) >= 11 is 0. The van der Waals surface area contributed by atoms with Crippen LogP contribution >= 0.6 is 0 Å². The number of rotatable bonds is 9. The van der Waals surface area contributed by atoms with E-state index in [1.807, 2.05) is 0 Å². The molecule has 0 spiro atoms. The molecule has 0 saturated carbocycles. The van der Waals surface area contributed by atoms with Gasteiger partial charge >= 0.3 is 0 Å². The van der Waals surface area contributed by atoms with E-state index in [0.29, 0.717) is 6.04 Å². The summed E-state index contributed by atoms with van der Waals surface area (Å²) in [5.74, 6) is 0.805. The topological polar surface area (TPSA) is 29.9 Å². The summed E-state index contributed by atoms with van der Waals surface area (Å²) in [5, 5.41) is 8.35. The van der Waals surface area contributed by atoms with Crippen LogP contribution in [0.4, 0.5) is 0 Å². The zero-order valence-electron chi connectivity index (χ0n) is 14.3. The molecule has 3 heteroatoms. The predicted molar refractivity (Wildman–Crippen MR) is 87.1 cm³/mol. The molecule has 2 unspecified atom stereocenters. The molecule has 116 valence electrons. The first-order chi connectivity index (χ1) is 9.54. The van der Waals surface area contributed by atoms with Crippen molar-refractivity contribution >= 4 is 0 Å². The van der Waals surface area contributed by atoms with Crippen molar-refractivity contribution in [3.05, 3.63) is 17.0 Å². The monoisotopic (exact) mass is 279 g/mol. The van der Waals surface area contributed by atoms with Crippen molar-refractivity contribution in [3.63, 3.8) is 0 Å². The summed E-state index contributed by atoms with van der Waals surface area (Å²) in [5.41, 5.74) is 3.87.